The molecule has 2 aromatic rings. The number of rotatable bonds is 4. The number of nitrogens with one attached hydrogen (secondary N) is 2. The Hall–Kier alpha value is -1.04. The van der Waals surface area contributed by atoms with Crippen LogP contribution in [0.4, 0.5) is 0 Å². The Morgan fingerprint density at radius 3 is 2.68 bits per heavy atom. The van der Waals surface area contributed by atoms with E-state index in [1.807, 2.05) is 24.3 Å². The van der Waals surface area contributed by atoms with Gasteiger partial charge < -0.3 is 15.4 Å². The first-order chi connectivity index (χ1) is 8.58. The van der Waals surface area contributed by atoms with E-state index in [-0.39, 0.29) is 50.1 Å². The molecule has 0 bridgehead atoms. The number of carboxylic acid groups (broad SMARTS) is 1. The average Bonchev–Trinajstić information content (AvgIpc) is 2.71. The van der Waals surface area contributed by atoms with Crippen LogP contribution in [0.2, 0.25) is 0 Å². The molecule has 1 atom stereocenters. The molecule has 1 amide bonds. The average molecular weight is 288 g/mol. The van der Waals surface area contributed by atoms with Crippen molar-refractivity contribution in [2.45, 2.75) is 19.4 Å². The molecule has 0 aliphatic rings. The predicted octanol–water partition coefficient (Wildman–Crippen LogP) is 0.383. The van der Waals surface area contributed by atoms with Gasteiger partial charge in [0.2, 0.25) is 5.91 Å². The summed E-state index contributed by atoms with van der Waals surface area (Å²) in [5.41, 5.74) is 1.84. The molecule has 0 spiro atoms. The fourth-order valence-corrected chi connectivity index (χ4v) is 1.97. The number of fused-ring (bicyclic) bond motifs is 1. The van der Waals surface area contributed by atoms with Crippen LogP contribution in [-0.2, 0) is 16.0 Å². The number of amides is 1. The molecule has 5 nitrogen and oxygen atoms in total. The molecule has 1 aromatic carbocycles. The van der Waals surface area contributed by atoms with Gasteiger partial charge in [-0.1, -0.05) is 18.2 Å². The molecular formula is C13H16CaN2O3. The van der Waals surface area contributed by atoms with Gasteiger partial charge in [0.1, 0.15) is 6.04 Å². The number of carbonyl (C=O) groups excluding carboxylic acids is 1. The zero-order chi connectivity index (χ0) is 13.1. The number of aliphatic carboxylic acids is 1. The van der Waals surface area contributed by atoms with Gasteiger partial charge in [-0.3, -0.25) is 4.79 Å². The summed E-state index contributed by atoms with van der Waals surface area (Å²) in [6.45, 7) is 1.31. The van der Waals surface area contributed by atoms with Crippen LogP contribution in [0, 0.1) is 0 Å². The first-order valence-corrected chi connectivity index (χ1v) is 5.63. The van der Waals surface area contributed by atoms with Crippen LogP contribution >= 0.6 is 0 Å². The Morgan fingerprint density at radius 2 is 2.05 bits per heavy atom. The summed E-state index contributed by atoms with van der Waals surface area (Å²) in [7, 11) is 0. The molecular weight excluding hydrogens is 272 g/mol. The Kier molecular flexibility index (Phi) is 5.84. The van der Waals surface area contributed by atoms with E-state index in [1.54, 1.807) is 6.20 Å². The maximum atomic E-state index is 11.1. The molecule has 1 aromatic heterocycles. The Labute approximate surface area is 140 Å². The van der Waals surface area contributed by atoms with Gasteiger partial charge in [0.25, 0.3) is 0 Å². The second kappa shape index (κ2) is 6.93. The van der Waals surface area contributed by atoms with Gasteiger partial charge in [0.05, 0.1) is 0 Å². The third-order valence-electron chi connectivity index (χ3n) is 2.77. The van der Waals surface area contributed by atoms with Crippen molar-refractivity contribution >= 4 is 60.5 Å². The summed E-state index contributed by atoms with van der Waals surface area (Å²) in [5, 5.41) is 12.5. The van der Waals surface area contributed by atoms with E-state index < -0.39 is 12.0 Å². The number of para-hydroxylation sites is 1. The maximum absolute atomic E-state index is 11.1. The zero-order valence-electron chi connectivity index (χ0n) is 9.93. The Bertz CT molecular complexity index is 594. The van der Waals surface area contributed by atoms with Crippen LogP contribution in [0.1, 0.15) is 12.5 Å². The number of hydrogen-bond donors (Lipinski definition) is 3. The fraction of sp³-hybridized carbons (Fsp3) is 0.231. The first kappa shape index (κ1) is 16.0. The summed E-state index contributed by atoms with van der Waals surface area (Å²) < 4.78 is 0. The molecule has 6 heteroatoms. The Balaban J connectivity index is 0.00000180. The molecule has 3 N–H and O–H groups in total. The summed E-state index contributed by atoms with van der Waals surface area (Å²) in [4.78, 5) is 25.1. The molecule has 0 fully saturated rings. The molecule has 0 saturated heterocycles. The van der Waals surface area contributed by atoms with Gasteiger partial charge >= 0.3 is 43.7 Å². The van der Waals surface area contributed by atoms with Gasteiger partial charge in [-0.2, -0.15) is 0 Å². The van der Waals surface area contributed by atoms with Gasteiger partial charge in [-0.05, 0) is 11.6 Å². The minimum absolute atomic E-state index is 0. The van der Waals surface area contributed by atoms with Crippen molar-refractivity contribution in [1.29, 1.82) is 0 Å². The number of carboxylic acids is 1. The molecule has 98 valence electrons. The van der Waals surface area contributed by atoms with Crippen molar-refractivity contribution in [2.75, 3.05) is 0 Å². The van der Waals surface area contributed by atoms with Crippen molar-refractivity contribution in [2.24, 2.45) is 0 Å². The molecule has 1 unspecified atom stereocenters. The molecule has 2 rings (SSSR count). The quantitative estimate of drug-likeness (QED) is 0.712. The van der Waals surface area contributed by atoms with Crippen molar-refractivity contribution in [1.82, 2.24) is 10.3 Å². The normalized spacial score (nSPS) is 11.6. The number of benzene rings is 1. The van der Waals surface area contributed by atoms with Gasteiger partial charge in [0, 0.05) is 30.4 Å². The summed E-state index contributed by atoms with van der Waals surface area (Å²) in [6.07, 6.45) is 2.04. The van der Waals surface area contributed by atoms with E-state index in [4.69, 9.17) is 5.11 Å². The van der Waals surface area contributed by atoms with Gasteiger partial charge in [-0.15, -0.1) is 0 Å². The van der Waals surface area contributed by atoms with Crippen LogP contribution in [0.3, 0.4) is 0 Å². The molecule has 0 saturated carbocycles. The molecule has 0 aliphatic carbocycles. The summed E-state index contributed by atoms with van der Waals surface area (Å²) in [6, 6.07) is 6.75. The summed E-state index contributed by atoms with van der Waals surface area (Å²) >= 11 is 0. The number of H-pyrrole nitrogens is 1. The SMILES string of the molecule is CC(=O)NC(Cc1c[nH]c2ccccc12)C(=O)O.[CaH2]. The van der Waals surface area contributed by atoms with Gasteiger partial charge in [-0.25, -0.2) is 4.79 Å². The van der Waals surface area contributed by atoms with Crippen LogP contribution in [0.25, 0.3) is 10.9 Å². The Morgan fingerprint density at radius 1 is 1.37 bits per heavy atom. The van der Waals surface area contributed by atoms with Crippen LogP contribution < -0.4 is 5.32 Å². The minimum atomic E-state index is -1.03. The first-order valence-electron chi connectivity index (χ1n) is 5.63. The molecule has 0 radical (unpaired) electrons. The van der Waals surface area contributed by atoms with Crippen molar-refractivity contribution < 1.29 is 14.7 Å². The fourth-order valence-electron chi connectivity index (χ4n) is 1.97. The third kappa shape index (κ3) is 3.96. The van der Waals surface area contributed by atoms with Crippen LogP contribution in [0.15, 0.2) is 30.5 Å². The molecule has 19 heavy (non-hydrogen) atoms. The molecule has 1 heterocycles. The zero-order valence-corrected chi connectivity index (χ0v) is 9.93. The van der Waals surface area contributed by atoms with E-state index in [9.17, 15) is 9.59 Å². The summed E-state index contributed by atoms with van der Waals surface area (Å²) in [5.74, 6) is -1.38. The van der Waals surface area contributed by atoms with Gasteiger partial charge in [0.15, 0.2) is 0 Å². The number of aromatic amines is 1. The topological polar surface area (TPSA) is 82.2 Å². The standard InChI is InChI=1S/C13H14N2O3.Ca.2H/c1-8(16)15-12(13(17)18)6-9-7-14-11-5-3-2-4-10(9)11;;;/h2-5,7,12,14H,6H2,1H3,(H,15,16)(H,17,18);;;. The molecule has 0 aliphatic heterocycles. The number of carbonyl (C=O) groups is 2. The number of hydrogen-bond acceptors (Lipinski definition) is 2. The van der Waals surface area contributed by atoms with E-state index in [0.29, 0.717) is 0 Å². The van der Waals surface area contributed by atoms with Crippen molar-refractivity contribution in [3.63, 3.8) is 0 Å². The second-order valence-corrected chi connectivity index (χ2v) is 4.15. The van der Waals surface area contributed by atoms with E-state index in [2.05, 4.69) is 10.3 Å². The van der Waals surface area contributed by atoms with Crippen LogP contribution in [0.5, 0.6) is 0 Å². The van der Waals surface area contributed by atoms with E-state index >= 15 is 0 Å². The third-order valence-corrected chi connectivity index (χ3v) is 2.77. The predicted molar refractivity (Wildman–Crippen MR) is 75.8 cm³/mol. The monoisotopic (exact) mass is 288 g/mol. The van der Waals surface area contributed by atoms with Crippen molar-refractivity contribution in [3.8, 4) is 0 Å². The number of aromatic nitrogens is 1. The van der Waals surface area contributed by atoms with E-state index in [0.717, 1.165) is 16.5 Å². The van der Waals surface area contributed by atoms with Crippen LogP contribution in [-0.4, -0.2) is 65.7 Å². The second-order valence-electron chi connectivity index (χ2n) is 4.15. The van der Waals surface area contributed by atoms with Crippen molar-refractivity contribution in [3.05, 3.63) is 36.0 Å². The van der Waals surface area contributed by atoms with E-state index in [1.165, 1.54) is 6.92 Å².